The van der Waals surface area contributed by atoms with Crippen molar-refractivity contribution in [2.45, 2.75) is 70.8 Å². The Hall–Kier alpha value is -0.0800. The predicted molar refractivity (Wildman–Crippen MR) is 74.4 cm³/mol. The van der Waals surface area contributed by atoms with Crippen molar-refractivity contribution >= 4 is 0 Å². The van der Waals surface area contributed by atoms with Crippen molar-refractivity contribution in [3.05, 3.63) is 0 Å². The van der Waals surface area contributed by atoms with Crippen molar-refractivity contribution < 1.29 is 4.74 Å². The van der Waals surface area contributed by atoms with Gasteiger partial charge in [-0.25, -0.2) is 0 Å². The first kappa shape index (κ1) is 15.0. The molecule has 17 heavy (non-hydrogen) atoms. The zero-order valence-corrected chi connectivity index (χ0v) is 11.8. The molecule has 0 spiro atoms. The summed E-state index contributed by atoms with van der Waals surface area (Å²) in [5.41, 5.74) is 0. The fraction of sp³-hybridized carbons (Fsp3) is 1.00. The molecular weight excluding hydrogens is 210 g/mol. The maximum absolute atomic E-state index is 5.82. The largest absolute Gasteiger partial charge is 0.378 e. The van der Waals surface area contributed by atoms with Gasteiger partial charge in [0.25, 0.3) is 0 Å². The minimum absolute atomic E-state index is 0.540. The SMILES string of the molecule is CCCCCCCCCC1OCCC1CNC. The fourth-order valence-corrected chi connectivity index (χ4v) is 2.81. The fourth-order valence-electron chi connectivity index (χ4n) is 2.81. The van der Waals surface area contributed by atoms with Gasteiger partial charge >= 0.3 is 0 Å². The average molecular weight is 241 g/mol. The summed E-state index contributed by atoms with van der Waals surface area (Å²) < 4.78 is 5.82. The van der Waals surface area contributed by atoms with Crippen molar-refractivity contribution in [1.29, 1.82) is 0 Å². The minimum Gasteiger partial charge on any atom is -0.378 e. The van der Waals surface area contributed by atoms with Crippen LogP contribution >= 0.6 is 0 Å². The van der Waals surface area contributed by atoms with Crippen LogP contribution in [0.15, 0.2) is 0 Å². The standard InChI is InChI=1S/C15H31NO/c1-3-4-5-6-7-8-9-10-15-14(13-16-2)11-12-17-15/h14-16H,3-13H2,1-2H3. The van der Waals surface area contributed by atoms with Crippen LogP contribution in [0, 0.1) is 5.92 Å². The quantitative estimate of drug-likeness (QED) is 0.588. The summed E-state index contributed by atoms with van der Waals surface area (Å²) in [6.45, 7) is 4.38. The van der Waals surface area contributed by atoms with E-state index in [1.807, 2.05) is 7.05 Å². The number of rotatable bonds is 10. The molecule has 0 amide bonds. The van der Waals surface area contributed by atoms with E-state index in [-0.39, 0.29) is 0 Å². The van der Waals surface area contributed by atoms with Gasteiger partial charge in [-0.3, -0.25) is 0 Å². The monoisotopic (exact) mass is 241 g/mol. The summed E-state index contributed by atoms with van der Waals surface area (Å²) in [6.07, 6.45) is 12.9. The third kappa shape index (κ3) is 6.42. The second kappa shape index (κ2) is 9.90. The molecule has 0 aliphatic carbocycles. The molecule has 1 aliphatic rings. The van der Waals surface area contributed by atoms with Crippen LogP contribution in [0.4, 0.5) is 0 Å². The number of hydrogen-bond acceptors (Lipinski definition) is 2. The molecule has 1 rings (SSSR count). The van der Waals surface area contributed by atoms with Crippen LogP contribution in [0.2, 0.25) is 0 Å². The molecule has 102 valence electrons. The molecule has 0 radical (unpaired) electrons. The van der Waals surface area contributed by atoms with Crippen molar-refractivity contribution in [2.24, 2.45) is 5.92 Å². The van der Waals surface area contributed by atoms with Gasteiger partial charge in [0, 0.05) is 13.2 Å². The lowest BCUT2D eigenvalue weighted by Crippen LogP contribution is -2.26. The molecule has 1 aliphatic heterocycles. The third-order valence-corrected chi connectivity index (χ3v) is 3.90. The molecule has 0 saturated carbocycles. The summed E-state index contributed by atoms with van der Waals surface area (Å²) >= 11 is 0. The van der Waals surface area contributed by atoms with Crippen LogP contribution in [0.25, 0.3) is 0 Å². The van der Waals surface area contributed by atoms with Crippen LogP contribution in [0.5, 0.6) is 0 Å². The van der Waals surface area contributed by atoms with Crippen LogP contribution in [-0.4, -0.2) is 26.3 Å². The topological polar surface area (TPSA) is 21.3 Å². The van der Waals surface area contributed by atoms with E-state index in [1.165, 1.54) is 57.8 Å². The molecule has 2 heteroatoms. The van der Waals surface area contributed by atoms with E-state index in [2.05, 4.69) is 12.2 Å². The van der Waals surface area contributed by atoms with Gasteiger partial charge in [-0.1, -0.05) is 51.9 Å². The van der Waals surface area contributed by atoms with E-state index >= 15 is 0 Å². The molecule has 2 atom stereocenters. The third-order valence-electron chi connectivity index (χ3n) is 3.90. The van der Waals surface area contributed by atoms with Gasteiger partial charge in [-0.15, -0.1) is 0 Å². The average Bonchev–Trinajstić information content (AvgIpc) is 2.76. The van der Waals surface area contributed by atoms with Crippen LogP contribution in [0.3, 0.4) is 0 Å². The lowest BCUT2D eigenvalue weighted by atomic mass is 9.96. The Bertz CT molecular complexity index is 172. The highest BCUT2D eigenvalue weighted by atomic mass is 16.5. The molecule has 2 nitrogen and oxygen atoms in total. The van der Waals surface area contributed by atoms with E-state index in [1.54, 1.807) is 0 Å². The smallest absolute Gasteiger partial charge is 0.0616 e. The van der Waals surface area contributed by atoms with Crippen LogP contribution in [0.1, 0.15) is 64.7 Å². The van der Waals surface area contributed by atoms with E-state index in [0.29, 0.717) is 6.10 Å². The van der Waals surface area contributed by atoms with Gasteiger partial charge in [-0.2, -0.15) is 0 Å². The number of unbranched alkanes of at least 4 members (excludes halogenated alkanes) is 6. The Morgan fingerprint density at radius 3 is 2.47 bits per heavy atom. The summed E-state index contributed by atoms with van der Waals surface area (Å²) in [6, 6.07) is 0. The number of nitrogens with one attached hydrogen (secondary N) is 1. The van der Waals surface area contributed by atoms with Crippen LogP contribution in [-0.2, 0) is 4.74 Å². The summed E-state index contributed by atoms with van der Waals surface area (Å²) in [4.78, 5) is 0. The zero-order valence-electron chi connectivity index (χ0n) is 11.8. The van der Waals surface area contributed by atoms with Crippen molar-refractivity contribution in [1.82, 2.24) is 5.32 Å². The first-order valence-electron chi connectivity index (χ1n) is 7.64. The summed E-state index contributed by atoms with van der Waals surface area (Å²) in [5.74, 6) is 0.764. The molecule has 1 N–H and O–H groups in total. The highest BCUT2D eigenvalue weighted by Gasteiger charge is 2.26. The number of ether oxygens (including phenoxy) is 1. The molecule has 1 fully saturated rings. The van der Waals surface area contributed by atoms with Crippen molar-refractivity contribution in [2.75, 3.05) is 20.2 Å². The molecule has 1 saturated heterocycles. The molecule has 1 heterocycles. The second-order valence-corrected chi connectivity index (χ2v) is 5.43. The first-order chi connectivity index (χ1) is 8.38. The zero-order chi connectivity index (χ0) is 12.3. The Morgan fingerprint density at radius 1 is 1.06 bits per heavy atom. The lowest BCUT2D eigenvalue weighted by molar-refractivity contribution is 0.0813. The summed E-state index contributed by atoms with van der Waals surface area (Å²) in [7, 11) is 2.04. The Labute approximate surface area is 108 Å². The van der Waals surface area contributed by atoms with E-state index in [9.17, 15) is 0 Å². The summed E-state index contributed by atoms with van der Waals surface area (Å²) in [5, 5.41) is 3.28. The highest BCUT2D eigenvalue weighted by molar-refractivity contribution is 4.77. The van der Waals surface area contributed by atoms with Crippen molar-refractivity contribution in [3.8, 4) is 0 Å². The maximum Gasteiger partial charge on any atom is 0.0616 e. The number of hydrogen-bond donors (Lipinski definition) is 1. The van der Waals surface area contributed by atoms with Gasteiger partial charge < -0.3 is 10.1 Å². The predicted octanol–water partition coefficient (Wildman–Crippen LogP) is 3.75. The van der Waals surface area contributed by atoms with Gasteiger partial charge in [0.2, 0.25) is 0 Å². The molecule has 0 aromatic carbocycles. The van der Waals surface area contributed by atoms with E-state index in [4.69, 9.17) is 4.74 Å². The Kier molecular flexibility index (Phi) is 8.72. The Morgan fingerprint density at radius 2 is 1.76 bits per heavy atom. The van der Waals surface area contributed by atoms with Crippen molar-refractivity contribution in [3.63, 3.8) is 0 Å². The van der Waals surface area contributed by atoms with Gasteiger partial charge in [0.15, 0.2) is 0 Å². The molecule has 0 bridgehead atoms. The lowest BCUT2D eigenvalue weighted by Gasteiger charge is -2.17. The van der Waals surface area contributed by atoms with Crippen LogP contribution < -0.4 is 5.32 Å². The van der Waals surface area contributed by atoms with Gasteiger partial charge in [0.1, 0.15) is 0 Å². The van der Waals surface area contributed by atoms with E-state index in [0.717, 1.165) is 19.1 Å². The normalized spacial score (nSPS) is 24.4. The second-order valence-electron chi connectivity index (χ2n) is 5.43. The van der Waals surface area contributed by atoms with Gasteiger partial charge in [-0.05, 0) is 25.8 Å². The Balaban J connectivity index is 1.94. The highest BCUT2D eigenvalue weighted by Crippen LogP contribution is 2.25. The minimum atomic E-state index is 0.540. The van der Waals surface area contributed by atoms with Gasteiger partial charge in [0.05, 0.1) is 6.10 Å². The molecule has 0 aromatic rings. The molecule has 0 aromatic heterocycles. The molecular formula is C15H31NO. The maximum atomic E-state index is 5.82. The van der Waals surface area contributed by atoms with E-state index < -0.39 is 0 Å². The molecule has 2 unspecified atom stereocenters. The first-order valence-corrected chi connectivity index (χ1v) is 7.64.